The monoisotopic (exact) mass is 543 g/mol. The number of nitrogens with one attached hydrogen (secondary N) is 4. The molecule has 0 bridgehead atoms. The number of halogens is 4. The minimum absolute atomic E-state index is 0.0272. The first-order valence-electron chi connectivity index (χ1n) is 11.5. The van der Waals surface area contributed by atoms with Gasteiger partial charge in [-0.1, -0.05) is 11.6 Å². The van der Waals surface area contributed by atoms with Crippen LogP contribution in [0.25, 0.3) is 11.0 Å². The Labute approximate surface area is 219 Å². The van der Waals surface area contributed by atoms with E-state index in [4.69, 9.17) is 17.3 Å². The van der Waals surface area contributed by atoms with Crippen LogP contribution in [-0.4, -0.2) is 32.3 Å². The molecule has 2 aromatic carbocycles. The van der Waals surface area contributed by atoms with Crippen LogP contribution in [0, 0.1) is 0 Å². The van der Waals surface area contributed by atoms with Gasteiger partial charge in [-0.25, -0.2) is 4.98 Å². The molecule has 0 aliphatic heterocycles. The Morgan fingerprint density at radius 2 is 1.89 bits per heavy atom. The van der Waals surface area contributed by atoms with Gasteiger partial charge in [0.1, 0.15) is 5.54 Å². The number of anilines is 3. The zero-order chi connectivity index (χ0) is 27.1. The van der Waals surface area contributed by atoms with Gasteiger partial charge in [-0.2, -0.15) is 13.2 Å². The van der Waals surface area contributed by atoms with Gasteiger partial charge in [0.05, 0.1) is 46.4 Å². The Bertz CT molecular complexity index is 1530. The number of nitrogen functional groups attached to an aromatic ring is 1. The maximum absolute atomic E-state index is 13.3. The molecular formula is C25H21ClF3N7O2. The van der Waals surface area contributed by atoms with Gasteiger partial charge in [-0.15, -0.1) is 0 Å². The second-order valence-corrected chi connectivity index (χ2v) is 9.36. The standard InChI is InChI=1S/C25H21ClF3N7O2/c26-14-2-6-18(17(10-14)25(27,28)29)33-16-4-3-15(31-12-16)11-32-22(38)24(7-8-24)36-21(37)13-1-5-19-20(9-13)35-23(30)34-19/h1-6,9-10,12,33H,7-8,11H2,(H,32,38)(H,36,37)(H3,30,34,35). The third-order valence-electron chi connectivity index (χ3n) is 6.12. The molecule has 1 saturated carbocycles. The number of aromatic amines is 1. The van der Waals surface area contributed by atoms with E-state index in [1.54, 1.807) is 30.3 Å². The number of benzene rings is 2. The predicted octanol–water partition coefficient (Wildman–Crippen LogP) is 4.53. The van der Waals surface area contributed by atoms with E-state index in [1.807, 2.05) is 0 Å². The van der Waals surface area contributed by atoms with E-state index in [1.165, 1.54) is 18.3 Å². The molecular weight excluding hydrogens is 523 g/mol. The molecule has 2 amide bonds. The lowest BCUT2D eigenvalue weighted by molar-refractivity contribution is -0.137. The Hall–Kier alpha value is -4.32. The number of rotatable bonds is 7. The molecule has 4 aromatic rings. The number of carbonyl (C=O) groups is 2. The smallest absolute Gasteiger partial charge is 0.369 e. The van der Waals surface area contributed by atoms with Crippen molar-refractivity contribution >= 4 is 51.8 Å². The van der Waals surface area contributed by atoms with Crippen LogP contribution in [0.4, 0.5) is 30.5 Å². The Morgan fingerprint density at radius 1 is 1.11 bits per heavy atom. The lowest BCUT2D eigenvalue weighted by Crippen LogP contribution is -2.48. The molecule has 1 aliphatic rings. The van der Waals surface area contributed by atoms with Crippen molar-refractivity contribution in [1.29, 1.82) is 0 Å². The number of aromatic nitrogens is 3. The van der Waals surface area contributed by atoms with Crippen LogP contribution < -0.4 is 21.7 Å². The summed E-state index contributed by atoms with van der Waals surface area (Å²) in [6, 6.07) is 11.5. The normalized spacial score (nSPS) is 14.2. The second kappa shape index (κ2) is 9.53. The average molecular weight is 544 g/mol. The lowest BCUT2D eigenvalue weighted by Gasteiger charge is -2.17. The summed E-state index contributed by atoms with van der Waals surface area (Å²) in [6.45, 7) is 0.0734. The molecule has 0 radical (unpaired) electrons. The molecule has 1 aliphatic carbocycles. The van der Waals surface area contributed by atoms with E-state index in [0.29, 0.717) is 40.8 Å². The summed E-state index contributed by atoms with van der Waals surface area (Å²) in [6.07, 6.45) is -2.25. The van der Waals surface area contributed by atoms with E-state index in [9.17, 15) is 22.8 Å². The number of nitrogens with two attached hydrogens (primary N) is 1. The number of pyridine rings is 1. The second-order valence-electron chi connectivity index (χ2n) is 8.92. The summed E-state index contributed by atoms with van der Waals surface area (Å²) >= 11 is 5.72. The highest BCUT2D eigenvalue weighted by atomic mass is 35.5. The van der Waals surface area contributed by atoms with Crippen LogP contribution in [0.5, 0.6) is 0 Å². The van der Waals surface area contributed by atoms with Gasteiger partial charge in [-0.3, -0.25) is 14.6 Å². The molecule has 13 heteroatoms. The first kappa shape index (κ1) is 25.3. The summed E-state index contributed by atoms with van der Waals surface area (Å²) in [4.78, 5) is 36.8. The Balaban J connectivity index is 1.19. The predicted molar refractivity (Wildman–Crippen MR) is 136 cm³/mol. The van der Waals surface area contributed by atoms with Gasteiger partial charge >= 0.3 is 6.18 Å². The zero-order valence-electron chi connectivity index (χ0n) is 19.6. The van der Waals surface area contributed by atoms with Crippen molar-refractivity contribution in [2.45, 2.75) is 31.1 Å². The highest BCUT2D eigenvalue weighted by Gasteiger charge is 2.51. The Kier molecular flexibility index (Phi) is 6.35. The minimum atomic E-state index is -4.58. The van der Waals surface area contributed by atoms with Crippen LogP contribution in [0.1, 0.15) is 34.5 Å². The van der Waals surface area contributed by atoms with E-state index < -0.39 is 23.2 Å². The molecule has 2 aromatic heterocycles. The van der Waals surface area contributed by atoms with Crippen molar-refractivity contribution in [3.8, 4) is 0 Å². The fourth-order valence-electron chi connectivity index (χ4n) is 3.95. The fourth-order valence-corrected chi connectivity index (χ4v) is 4.12. The van der Waals surface area contributed by atoms with Gasteiger partial charge < -0.3 is 26.7 Å². The summed E-state index contributed by atoms with van der Waals surface area (Å²) in [5, 5.41) is 8.22. The van der Waals surface area contributed by atoms with Crippen molar-refractivity contribution < 1.29 is 22.8 Å². The summed E-state index contributed by atoms with van der Waals surface area (Å²) in [5.41, 5.74) is 5.97. The summed E-state index contributed by atoms with van der Waals surface area (Å²) in [5.74, 6) is -0.518. The number of nitrogens with zero attached hydrogens (tertiary/aromatic N) is 2. The van der Waals surface area contributed by atoms with Gasteiger partial charge in [0.2, 0.25) is 5.91 Å². The van der Waals surface area contributed by atoms with E-state index >= 15 is 0 Å². The lowest BCUT2D eigenvalue weighted by atomic mass is 10.1. The SMILES string of the molecule is Nc1nc2cc(C(=O)NC3(C(=O)NCc4ccc(Nc5ccc(Cl)cc5C(F)(F)F)cn4)CC3)ccc2[nH]1. The van der Waals surface area contributed by atoms with Gasteiger partial charge in [0, 0.05) is 10.6 Å². The zero-order valence-corrected chi connectivity index (χ0v) is 20.4. The van der Waals surface area contributed by atoms with Crippen LogP contribution in [0.2, 0.25) is 5.02 Å². The summed E-state index contributed by atoms with van der Waals surface area (Å²) in [7, 11) is 0. The number of fused-ring (bicyclic) bond motifs is 1. The molecule has 0 spiro atoms. The van der Waals surface area contributed by atoms with Crippen LogP contribution >= 0.6 is 11.6 Å². The molecule has 0 unspecified atom stereocenters. The first-order valence-corrected chi connectivity index (χ1v) is 11.8. The highest BCUT2D eigenvalue weighted by Crippen LogP contribution is 2.38. The van der Waals surface area contributed by atoms with Crippen molar-refractivity contribution in [3.63, 3.8) is 0 Å². The number of hydrogen-bond donors (Lipinski definition) is 5. The minimum Gasteiger partial charge on any atom is -0.369 e. The van der Waals surface area contributed by atoms with Gasteiger partial charge in [0.15, 0.2) is 5.95 Å². The molecule has 1 fully saturated rings. The maximum atomic E-state index is 13.3. The number of alkyl halides is 3. The number of amides is 2. The topological polar surface area (TPSA) is 138 Å². The van der Waals surface area contributed by atoms with Crippen LogP contribution in [0.15, 0.2) is 54.7 Å². The number of H-pyrrole nitrogens is 1. The largest absolute Gasteiger partial charge is 0.418 e. The van der Waals surface area contributed by atoms with E-state index in [2.05, 4.69) is 30.9 Å². The highest BCUT2D eigenvalue weighted by molar-refractivity contribution is 6.30. The van der Waals surface area contributed by atoms with Gasteiger partial charge in [0.25, 0.3) is 5.91 Å². The fraction of sp³-hybridized carbons (Fsp3) is 0.200. The first-order chi connectivity index (χ1) is 18.0. The number of carbonyl (C=O) groups excluding carboxylic acids is 2. The van der Waals surface area contributed by atoms with E-state index in [-0.39, 0.29) is 29.1 Å². The number of hydrogen-bond acceptors (Lipinski definition) is 6. The molecule has 9 nitrogen and oxygen atoms in total. The van der Waals surface area contributed by atoms with Gasteiger partial charge in [-0.05, 0) is 61.4 Å². The molecule has 2 heterocycles. The third-order valence-corrected chi connectivity index (χ3v) is 6.36. The van der Waals surface area contributed by atoms with Crippen LogP contribution in [-0.2, 0) is 17.5 Å². The Morgan fingerprint density at radius 3 is 2.58 bits per heavy atom. The van der Waals surface area contributed by atoms with E-state index in [0.717, 1.165) is 6.07 Å². The summed E-state index contributed by atoms with van der Waals surface area (Å²) < 4.78 is 40.0. The van der Waals surface area contributed by atoms with Crippen LogP contribution in [0.3, 0.4) is 0 Å². The number of imidazole rings is 1. The van der Waals surface area contributed by atoms with Crippen molar-refractivity contribution in [2.75, 3.05) is 11.1 Å². The van der Waals surface area contributed by atoms with Crippen molar-refractivity contribution in [1.82, 2.24) is 25.6 Å². The maximum Gasteiger partial charge on any atom is 0.418 e. The molecule has 5 rings (SSSR count). The quantitative estimate of drug-likeness (QED) is 0.232. The van der Waals surface area contributed by atoms with Crippen molar-refractivity contribution in [3.05, 3.63) is 76.6 Å². The molecule has 0 atom stereocenters. The molecule has 38 heavy (non-hydrogen) atoms. The average Bonchev–Trinajstić information content (AvgIpc) is 3.55. The molecule has 6 N–H and O–H groups in total. The van der Waals surface area contributed by atoms with Crippen molar-refractivity contribution in [2.24, 2.45) is 0 Å². The molecule has 196 valence electrons. The third kappa shape index (κ3) is 5.35. The molecule has 0 saturated heterocycles.